The lowest BCUT2D eigenvalue weighted by atomic mass is 10.1. The predicted octanol–water partition coefficient (Wildman–Crippen LogP) is 1.55. The van der Waals surface area contributed by atoms with Crippen LogP contribution in [0.5, 0.6) is 0 Å². The summed E-state index contributed by atoms with van der Waals surface area (Å²) in [5.41, 5.74) is 1.44. The molecule has 0 amide bonds. The quantitative estimate of drug-likeness (QED) is 0.836. The van der Waals surface area contributed by atoms with E-state index in [0.717, 1.165) is 0 Å². The number of ketones is 1. The monoisotopic (exact) mass is 267 g/mol. The van der Waals surface area contributed by atoms with Gasteiger partial charge >= 0.3 is 11.9 Å². The van der Waals surface area contributed by atoms with Crippen LogP contribution in [-0.4, -0.2) is 35.9 Å². The highest BCUT2D eigenvalue weighted by molar-refractivity contribution is 5.99. The minimum atomic E-state index is -0.822. The van der Waals surface area contributed by atoms with E-state index in [-0.39, 0.29) is 11.5 Å². The molecular formula is C13H17NO5. The molecule has 0 aliphatic heterocycles. The summed E-state index contributed by atoms with van der Waals surface area (Å²) in [4.78, 5) is 37.3. The Morgan fingerprint density at radius 1 is 1.16 bits per heavy atom. The molecular weight excluding hydrogens is 250 g/mol. The van der Waals surface area contributed by atoms with Gasteiger partial charge in [0.25, 0.3) is 0 Å². The van der Waals surface area contributed by atoms with Crippen LogP contribution in [-0.2, 0) is 14.3 Å². The number of carbonyl (C=O) groups excluding carboxylic acids is 3. The van der Waals surface area contributed by atoms with Gasteiger partial charge in [-0.05, 0) is 33.3 Å². The van der Waals surface area contributed by atoms with Gasteiger partial charge in [0.2, 0.25) is 0 Å². The van der Waals surface area contributed by atoms with Crippen LogP contribution in [0.15, 0.2) is 0 Å². The molecule has 19 heavy (non-hydrogen) atoms. The molecule has 0 spiro atoms. The molecule has 0 saturated carbocycles. The number of H-pyrrole nitrogens is 1. The normalized spacial score (nSPS) is 11.8. The van der Waals surface area contributed by atoms with Gasteiger partial charge in [-0.15, -0.1) is 0 Å². The van der Waals surface area contributed by atoms with Crippen molar-refractivity contribution in [2.45, 2.75) is 33.8 Å². The van der Waals surface area contributed by atoms with Crippen molar-refractivity contribution in [1.29, 1.82) is 0 Å². The molecule has 1 aromatic heterocycles. The zero-order chi connectivity index (χ0) is 14.7. The summed E-state index contributed by atoms with van der Waals surface area (Å²) in [5, 5.41) is 0. The summed E-state index contributed by atoms with van der Waals surface area (Å²) >= 11 is 0. The Morgan fingerprint density at radius 3 is 2.21 bits per heavy atom. The molecule has 0 aliphatic rings. The summed E-state index contributed by atoms with van der Waals surface area (Å²) in [7, 11) is 1.27. The van der Waals surface area contributed by atoms with Crippen molar-refractivity contribution in [3.05, 3.63) is 22.5 Å². The Labute approximate surface area is 111 Å². The number of esters is 2. The molecule has 0 aromatic carbocycles. The Balaban J connectivity index is 3.06. The maximum atomic E-state index is 11.9. The molecule has 0 radical (unpaired) electrons. The largest absolute Gasteiger partial charge is 0.465 e. The third-order valence-corrected chi connectivity index (χ3v) is 2.89. The predicted molar refractivity (Wildman–Crippen MR) is 67.2 cm³/mol. The molecule has 0 aliphatic carbocycles. The molecule has 1 unspecified atom stereocenters. The van der Waals surface area contributed by atoms with Crippen LogP contribution in [0.25, 0.3) is 0 Å². The zero-order valence-electron chi connectivity index (χ0n) is 11.6. The molecule has 1 rings (SSSR count). The zero-order valence-corrected chi connectivity index (χ0v) is 11.6. The van der Waals surface area contributed by atoms with Crippen LogP contribution in [0.4, 0.5) is 0 Å². The number of rotatable bonds is 4. The molecule has 1 N–H and O–H groups in total. The van der Waals surface area contributed by atoms with E-state index in [9.17, 15) is 14.4 Å². The third kappa shape index (κ3) is 3.01. The second-order valence-corrected chi connectivity index (χ2v) is 4.27. The molecule has 6 heteroatoms. The van der Waals surface area contributed by atoms with Gasteiger partial charge in [0.05, 0.1) is 12.7 Å². The van der Waals surface area contributed by atoms with E-state index in [1.54, 1.807) is 13.8 Å². The van der Waals surface area contributed by atoms with Crippen LogP contribution < -0.4 is 0 Å². The first kappa shape index (κ1) is 14.9. The van der Waals surface area contributed by atoms with Crippen molar-refractivity contribution in [2.24, 2.45) is 0 Å². The lowest BCUT2D eigenvalue weighted by Gasteiger charge is -2.09. The van der Waals surface area contributed by atoms with Crippen LogP contribution in [0, 0.1) is 13.8 Å². The number of nitrogens with one attached hydrogen (secondary N) is 1. The van der Waals surface area contributed by atoms with E-state index in [1.165, 1.54) is 21.0 Å². The number of ether oxygens (including phenoxy) is 2. The van der Waals surface area contributed by atoms with Crippen molar-refractivity contribution in [1.82, 2.24) is 4.98 Å². The van der Waals surface area contributed by atoms with Crippen molar-refractivity contribution < 1.29 is 23.9 Å². The Kier molecular flexibility index (Phi) is 4.47. The number of hydrogen-bond donors (Lipinski definition) is 1. The second-order valence-electron chi connectivity index (χ2n) is 4.27. The highest BCUT2D eigenvalue weighted by atomic mass is 16.5. The summed E-state index contributed by atoms with van der Waals surface area (Å²) < 4.78 is 9.63. The third-order valence-electron chi connectivity index (χ3n) is 2.89. The molecule has 1 atom stereocenters. The van der Waals surface area contributed by atoms with Gasteiger partial charge in [-0.2, -0.15) is 0 Å². The van der Waals surface area contributed by atoms with Crippen LogP contribution in [0.1, 0.15) is 46.0 Å². The summed E-state index contributed by atoms with van der Waals surface area (Å²) in [6, 6.07) is 0. The number of carbonyl (C=O) groups is 3. The Bertz CT molecular complexity index is 529. The van der Waals surface area contributed by atoms with E-state index in [2.05, 4.69) is 9.72 Å². The number of methoxy groups -OCH3 is 1. The summed E-state index contributed by atoms with van der Waals surface area (Å²) in [5.74, 6) is -1.44. The van der Waals surface area contributed by atoms with Crippen LogP contribution in [0.3, 0.4) is 0 Å². The highest BCUT2D eigenvalue weighted by Crippen LogP contribution is 2.20. The van der Waals surface area contributed by atoms with Gasteiger partial charge in [-0.3, -0.25) is 4.79 Å². The van der Waals surface area contributed by atoms with Gasteiger partial charge in [0, 0.05) is 5.69 Å². The number of aryl methyl sites for hydroxylation is 1. The van der Waals surface area contributed by atoms with Crippen molar-refractivity contribution >= 4 is 17.7 Å². The minimum Gasteiger partial charge on any atom is -0.465 e. The highest BCUT2D eigenvalue weighted by Gasteiger charge is 2.25. The van der Waals surface area contributed by atoms with E-state index in [0.29, 0.717) is 16.8 Å². The smallest absolute Gasteiger partial charge is 0.355 e. The van der Waals surface area contributed by atoms with E-state index < -0.39 is 18.0 Å². The summed E-state index contributed by atoms with van der Waals surface area (Å²) in [6.07, 6.45) is -0.822. The number of aromatic nitrogens is 1. The molecule has 0 fully saturated rings. The average Bonchev–Trinajstić information content (AvgIpc) is 2.63. The van der Waals surface area contributed by atoms with E-state index >= 15 is 0 Å². The van der Waals surface area contributed by atoms with Crippen LogP contribution >= 0.6 is 0 Å². The molecule has 104 valence electrons. The fraction of sp³-hybridized carbons (Fsp3) is 0.462. The van der Waals surface area contributed by atoms with Crippen molar-refractivity contribution in [3.63, 3.8) is 0 Å². The fourth-order valence-electron chi connectivity index (χ4n) is 1.66. The van der Waals surface area contributed by atoms with Crippen molar-refractivity contribution in [3.8, 4) is 0 Å². The fourth-order valence-corrected chi connectivity index (χ4v) is 1.66. The molecule has 0 bridgehead atoms. The molecule has 1 aromatic rings. The van der Waals surface area contributed by atoms with Crippen LogP contribution in [0.2, 0.25) is 0 Å². The van der Waals surface area contributed by atoms with Gasteiger partial charge in [-0.1, -0.05) is 0 Å². The van der Waals surface area contributed by atoms with E-state index in [4.69, 9.17) is 4.74 Å². The molecule has 1 heterocycles. The maximum absolute atomic E-state index is 11.9. The molecule has 0 saturated heterocycles. The minimum absolute atomic E-state index is 0.158. The lowest BCUT2D eigenvalue weighted by molar-refractivity contribution is -0.124. The maximum Gasteiger partial charge on any atom is 0.355 e. The van der Waals surface area contributed by atoms with Gasteiger partial charge in [0.1, 0.15) is 5.69 Å². The Hall–Kier alpha value is -2.11. The van der Waals surface area contributed by atoms with Gasteiger partial charge < -0.3 is 14.5 Å². The van der Waals surface area contributed by atoms with Gasteiger partial charge in [0.15, 0.2) is 11.9 Å². The number of aromatic amines is 1. The first-order valence-corrected chi connectivity index (χ1v) is 5.78. The second kappa shape index (κ2) is 5.69. The SMILES string of the molecule is COC(=O)c1c(C)[nH]c(C(=O)OC(C)C(C)=O)c1C. The van der Waals surface area contributed by atoms with Gasteiger partial charge in [-0.25, -0.2) is 9.59 Å². The summed E-state index contributed by atoms with van der Waals surface area (Å²) in [6.45, 7) is 6.10. The standard InChI is InChI=1S/C13H17NO5/c1-6-10(12(16)18-5)7(2)14-11(6)13(17)19-9(4)8(3)15/h9,14H,1-5H3. The van der Waals surface area contributed by atoms with Crippen molar-refractivity contribution in [2.75, 3.05) is 7.11 Å². The number of Topliss-reactive ketones (excluding diaryl/α,β-unsaturated/α-hetero) is 1. The first-order valence-electron chi connectivity index (χ1n) is 5.78. The topological polar surface area (TPSA) is 85.5 Å². The first-order chi connectivity index (χ1) is 8.79. The lowest BCUT2D eigenvalue weighted by Crippen LogP contribution is -2.22. The number of hydrogen-bond acceptors (Lipinski definition) is 5. The average molecular weight is 267 g/mol. The van der Waals surface area contributed by atoms with E-state index in [1.807, 2.05) is 0 Å². The molecule has 6 nitrogen and oxygen atoms in total. The Morgan fingerprint density at radius 2 is 1.74 bits per heavy atom.